The van der Waals surface area contributed by atoms with Gasteiger partial charge in [0.15, 0.2) is 5.13 Å². The van der Waals surface area contributed by atoms with Crippen LogP contribution in [0, 0.1) is 6.92 Å². The number of carboxylic acids is 1. The van der Waals surface area contributed by atoms with E-state index in [2.05, 4.69) is 4.98 Å². The number of hydrogen-bond acceptors (Lipinski definition) is 4. The third-order valence-corrected chi connectivity index (χ3v) is 3.96. The lowest BCUT2D eigenvalue weighted by atomic mass is 10.2. The summed E-state index contributed by atoms with van der Waals surface area (Å²) >= 11 is 1.57. The van der Waals surface area contributed by atoms with Crippen LogP contribution in [0.15, 0.2) is 18.2 Å². The van der Waals surface area contributed by atoms with E-state index < -0.39 is 5.97 Å². The highest BCUT2D eigenvalue weighted by atomic mass is 32.1. The Morgan fingerprint density at radius 3 is 2.89 bits per heavy atom. The minimum atomic E-state index is -0.820. The lowest BCUT2D eigenvalue weighted by molar-refractivity contribution is -0.135. The average Bonchev–Trinajstić information content (AvgIpc) is 2.73. The van der Waals surface area contributed by atoms with Gasteiger partial charge in [0, 0.05) is 6.54 Å². The van der Waals surface area contributed by atoms with Gasteiger partial charge in [-0.3, -0.25) is 4.79 Å². The molecule has 0 amide bonds. The molecule has 0 bridgehead atoms. The minimum absolute atomic E-state index is 0.00666. The van der Waals surface area contributed by atoms with Gasteiger partial charge in [0.25, 0.3) is 0 Å². The van der Waals surface area contributed by atoms with Crippen LogP contribution in [0.25, 0.3) is 10.2 Å². The monoisotopic (exact) mass is 264 g/mol. The van der Waals surface area contributed by atoms with Gasteiger partial charge in [-0.2, -0.15) is 0 Å². The topological polar surface area (TPSA) is 53.4 Å². The predicted molar refractivity (Wildman–Crippen MR) is 74.5 cm³/mol. The standard InChI is InChI=1S/C13H16N2O2S/c1-3-7-15(8-11(16)17)13-14-10-6-4-5-9(2)12(10)18-13/h4-6H,3,7-8H2,1-2H3,(H,16,17). The van der Waals surface area contributed by atoms with Gasteiger partial charge in [0.2, 0.25) is 0 Å². The van der Waals surface area contributed by atoms with Gasteiger partial charge in [-0.1, -0.05) is 30.4 Å². The van der Waals surface area contributed by atoms with E-state index in [4.69, 9.17) is 5.11 Å². The highest BCUT2D eigenvalue weighted by Crippen LogP contribution is 2.30. The fourth-order valence-corrected chi connectivity index (χ4v) is 2.94. The maximum Gasteiger partial charge on any atom is 0.323 e. The number of thiazole rings is 1. The number of aromatic nitrogens is 1. The number of aryl methyl sites for hydroxylation is 1. The molecule has 2 aromatic rings. The van der Waals surface area contributed by atoms with E-state index in [-0.39, 0.29) is 6.54 Å². The molecule has 0 aliphatic heterocycles. The Balaban J connectivity index is 2.38. The van der Waals surface area contributed by atoms with Crippen LogP contribution in [0.4, 0.5) is 5.13 Å². The molecule has 0 spiro atoms. The molecule has 2 rings (SSSR count). The molecule has 0 saturated heterocycles. The van der Waals surface area contributed by atoms with Gasteiger partial charge in [0.1, 0.15) is 6.54 Å². The molecule has 0 unspecified atom stereocenters. The largest absolute Gasteiger partial charge is 0.480 e. The number of nitrogens with zero attached hydrogens (tertiary/aromatic N) is 2. The Morgan fingerprint density at radius 1 is 1.50 bits per heavy atom. The van der Waals surface area contributed by atoms with E-state index in [1.165, 1.54) is 5.56 Å². The van der Waals surface area contributed by atoms with Crippen molar-refractivity contribution in [3.8, 4) is 0 Å². The summed E-state index contributed by atoms with van der Waals surface area (Å²) in [5.41, 5.74) is 2.13. The van der Waals surface area contributed by atoms with Gasteiger partial charge in [-0.15, -0.1) is 0 Å². The lowest BCUT2D eigenvalue weighted by Crippen LogP contribution is -2.30. The Hall–Kier alpha value is -1.62. The number of anilines is 1. The van der Waals surface area contributed by atoms with Crippen LogP contribution in [0.1, 0.15) is 18.9 Å². The van der Waals surface area contributed by atoms with Crippen LogP contribution in [-0.4, -0.2) is 29.1 Å². The van der Waals surface area contributed by atoms with E-state index in [0.717, 1.165) is 21.8 Å². The fraction of sp³-hybridized carbons (Fsp3) is 0.385. The number of rotatable bonds is 5. The lowest BCUT2D eigenvalue weighted by Gasteiger charge is -2.18. The first-order chi connectivity index (χ1) is 8.61. The van der Waals surface area contributed by atoms with Crippen molar-refractivity contribution in [2.24, 2.45) is 0 Å². The van der Waals surface area contributed by atoms with Crippen LogP contribution < -0.4 is 4.90 Å². The van der Waals surface area contributed by atoms with Crippen molar-refractivity contribution < 1.29 is 9.90 Å². The van der Waals surface area contributed by atoms with Gasteiger partial charge >= 0.3 is 5.97 Å². The van der Waals surface area contributed by atoms with Crippen molar-refractivity contribution in [2.75, 3.05) is 18.0 Å². The summed E-state index contributed by atoms with van der Waals surface area (Å²) in [5, 5.41) is 9.73. The Kier molecular flexibility index (Phi) is 3.81. The second-order valence-corrected chi connectivity index (χ2v) is 5.21. The molecule has 1 aromatic heterocycles. The van der Waals surface area contributed by atoms with Crippen molar-refractivity contribution in [1.82, 2.24) is 4.98 Å². The number of carbonyl (C=O) groups is 1. The highest BCUT2D eigenvalue weighted by Gasteiger charge is 2.15. The second kappa shape index (κ2) is 5.35. The molecule has 0 radical (unpaired) electrons. The van der Waals surface area contributed by atoms with Crippen molar-refractivity contribution in [1.29, 1.82) is 0 Å². The smallest absolute Gasteiger partial charge is 0.323 e. The zero-order valence-electron chi connectivity index (χ0n) is 10.5. The number of hydrogen-bond donors (Lipinski definition) is 1. The molecule has 0 aliphatic rings. The zero-order valence-corrected chi connectivity index (χ0v) is 11.3. The molecule has 96 valence electrons. The zero-order chi connectivity index (χ0) is 13.1. The first-order valence-corrected chi connectivity index (χ1v) is 6.76. The molecule has 18 heavy (non-hydrogen) atoms. The minimum Gasteiger partial charge on any atom is -0.480 e. The van der Waals surface area contributed by atoms with E-state index in [9.17, 15) is 4.79 Å². The Morgan fingerprint density at radius 2 is 2.28 bits per heavy atom. The first-order valence-electron chi connectivity index (χ1n) is 5.94. The summed E-state index contributed by atoms with van der Waals surface area (Å²) in [6.07, 6.45) is 0.905. The number of carboxylic acid groups (broad SMARTS) is 1. The van der Waals surface area contributed by atoms with Crippen molar-refractivity contribution in [3.05, 3.63) is 23.8 Å². The number of benzene rings is 1. The maximum atomic E-state index is 10.9. The molecular formula is C13H16N2O2S. The molecule has 1 N–H and O–H groups in total. The van der Waals surface area contributed by atoms with E-state index in [1.54, 1.807) is 11.3 Å². The third-order valence-electron chi connectivity index (χ3n) is 2.69. The third kappa shape index (κ3) is 2.61. The van der Waals surface area contributed by atoms with Crippen LogP contribution in [0.2, 0.25) is 0 Å². The van der Waals surface area contributed by atoms with Gasteiger partial charge in [-0.25, -0.2) is 4.98 Å². The summed E-state index contributed by atoms with van der Waals surface area (Å²) < 4.78 is 1.14. The van der Waals surface area contributed by atoms with E-state index in [0.29, 0.717) is 6.54 Å². The second-order valence-electron chi connectivity index (χ2n) is 4.23. The number of fused-ring (bicyclic) bond motifs is 1. The van der Waals surface area contributed by atoms with Crippen LogP contribution in [0.3, 0.4) is 0 Å². The molecule has 0 atom stereocenters. The molecule has 4 nitrogen and oxygen atoms in total. The normalized spacial score (nSPS) is 10.8. The molecule has 0 saturated carbocycles. The van der Waals surface area contributed by atoms with E-state index in [1.807, 2.05) is 36.9 Å². The molecule has 1 heterocycles. The van der Waals surface area contributed by atoms with E-state index >= 15 is 0 Å². The predicted octanol–water partition coefficient (Wildman–Crippen LogP) is 2.91. The van der Waals surface area contributed by atoms with Crippen LogP contribution >= 0.6 is 11.3 Å². The first kappa shape index (κ1) is 12.8. The van der Waals surface area contributed by atoms with Gasteiger partial charge < -0.3 is 10.0 Å². The van der Waals surface area contributed by atoms with Crippen molar-refractivity contribution in [3.63, 3.8) is 0 Å². The van der Waals surface area contributed by atoms with Crippen molar-refractivity contribution >= 4 is 32.7 Å². The SMILES string of the molecule is CCCN(CC(=O)O)c1nc2cccc(C)c2s1. The Labute approximate surface area is 110 Å². The highest BCUT2D eigenvalue weighted by molar-refractivity contribution is 7.22. The summed E-state index contributed by atoms with van der Waals surface area (Å²) in [6.45, 7) is 4.80. The summed E-state index contributed by atoms with van der Waals surface area (Å²) in [5.74, 6) is -0.820. The summed E-state index contributed by atoms with van der Waals surface area (Å²) in [7, 11) is 0. The van der Waals surface area contributed by atoms with Crippen LogP contribution in [-0.2, 0) is 4.79 Å². The summed E-state index contributed by atoms with van der Waals surface area (Å²) in [4.78, 5) is 17.2. The van der Waals surface area contributed by atoms with Gasteiger partial charge in [0.05, 0.1) is 10.2 Å². The molecule has 0 fully saturated rings. The quantitative estimate of drug-likeness (QED) is 0.902. The average molecular weight is 264 g/mol. The van der Waals surface area contributed by atoms with Crippen LogP contribution in [0.5, 0.6) is 0 Å². The summed E-state index contributed by atoms with van der Waals surface area (Å²) in [6, 6.07) is 5.99. The van der Waals surface area contributed by atoms with Gasteiger partial charge in [-0.05, 0) is 25.0 Å². The maximum absolute atomic E-state index is 10.9. The molecule has 0 aliphatic carbocycles. The molecular weight excluding hydrogens is 248 g/mol. The molecule has 5 heteroatoms. The molecule has 1 aromatic carbocycles. The Bertz CT molecular complexity index is 565. The number of aliphatic carboxylic acids is 1. The van der Waals surface area contributed by atoms with Crippen molar-refractivity contribution in [2.45, 2.75) is 20.3 Å². The fourth-order valence-electron chi connectivity index (χ4n) is 1.89.